The monoisotopic (exact) mass is 283 g/mol. The van der Waals surface area contributed by atoms with Crippen molar-refractivity contribution in [1.29, 1.82) is 0 Å². The molecular formula is C15H19ClFNO. The number of carbonyl (C=O) groups is 1. The first-order valence-corrected chi connectivity index (χ1v) is 7.27. The molecule has 1 aliphatic heterocycles. The Morgan fingerprint density at radius 3 is 3.05 bits per heavy atom. The molecule has 19 heavy (non-hydrogen) atoms. The highest BCUT2D eigenvalue weighted by Crippen LogP contribution is 2.25. The van der Waals surface area contributed by atoms with Gasteiger partial charge in [0.25, 0.3) is 5.91 Å². The summed E-state index contributed by atoms with van der Waals surface area (Å²) >= 11 is 5.85. The number of hydrogen-bond acceptors (Lipinski definition) is 1. The van der Waals surface area contributed by atoms with Crippen LogP contribution in [0.5, 0.6) is 0 Å². The van der Waals surface area contributed by atoms with Gasteiger partial charge in [0, 0.05) is 17.6 Å². The van der Waals surface area contributed by atoms with Crippen LogP contribution in [0.3, 0.4) is 0 Å². The second-order valence-corrected chi connectivity index (χ2v) is 5.50. The Kier molecular flexibility index (Phi) is 4.81. The summed E-state index contributed by atoms with van der Waals surface area (Å²) in [4.78, 5) is 14.2. The number of rotatable bonds is 4. The van der Waals surface area contributed by atoms with Crippen molar-refractivity contribution in [2.75, 3.05) is 6.54 Å². The van der Waals surface area contributed by atoms with Crippen molar-refractivity contribution in [2.45, 2.75) is 45.1 Å². The zero-order valence-electron chi connectivity index (χ0n) is 11.2. The molecule has 1 aliphatic rings. The summed E-state index contributed by atoms with van der Waals surface area (Å²) in [6, 6.07) is 4.40. The molecule has 0 aliphatic carbocycles. The van der Waals surface area contributed by atoms with E-state index in [4.69, 9.17) is 11.6 Å². The summed E-state index contributed by atoms with van der Waals surface area (Å²) in [5, 5.41) is 0.397. The van der Waals surface area contributed by atoms with Crippen LogP contribution < -0.4 is 0 Å². The number of benzene rings is 1. The number of halogens is 2. The van der Waals surface area contributed by atoms with Gasteiger partial charge in [-0.1, -0.05) is 31.4 Å². The van der Waals surface area contributed by atoms with E-state index in [9.17, 15) is 9.18 Å². The van der Waals surface area contributed by atoms with Crippen LogP contribution in [0.1, 0.15) is 49.4 Å². The van der Waals surface area contributed by atoms with Crippen molar-refractivity contribution in [3.63, 3.8) is 0 Å². The first-order chi connectivity index (χ1) is 9.13. The van der Waals surface area contributed by atoms with Gasteiger partial charge in [-0.15, -0.1) is 0 Å². The predicted molar refractivity (Wildman–Crippen MR) is 75.0 cm³/mol. The summed E-state index contributed by atoms with van der Waals surface area (Å²) in [5.41, 5.74) is 0.0934. The topological polar surface area (TPSA) is 20.3 Å². The molecule has 0 saturated carbocycles. The third kappa shape index (κ3) is 3.27. The van der Waals surface area contributed by atoms with Crippen molar-refractivity contribution in [3.8, 4) is 0 Å². The molecule has 2 rings (SSSR count). The third-order valence-electron chi connectivity index (χ3n) is 3.69. The first-order valence-electron chi connectivity index (χ1n) is 6.89. The van der Waals surface area contributed by atoms with Gasteiger partial charge in [-0.25, -0.2) is 4.39 Å². The molecule has 2 nitrogen and oxygen atoms in total. The van der Waals surface area contributed by atoms with Crippen molar-refractivity contribution < 1.29 is 9.18 Å². The summed E-state index contributed by atoms with van der Waals surface area (Å²) in [5.74, 6) is -0.714. The number of carbonyl (C=O) groups excluding carboxylic acids is 1. The van der Waals surface area contributed by atoms with Gasteiger partial charge >= 0.3 is 0 Å². The molecule has 1 atom stereocenters. The summed E-state index contributed by atoms with van der Waals surface area (Å²) in [6.07, 6.45) is 5.25. The molecule has 4 heteroatoms. The maximum Gasteiger partial charge on any atom is 0.257 e. The molecule has 0 aromatic heterocycles. The summed E-state index contributed by atoms with van der Waals surface area (Å²) in [6.45, 7) is 2.86. The average molecular weight is 284 g/mol. The number of likely N-dealkylation sites (tertiary alicyclic amines) is 1. The van der Waals surface area contributed by atoms with Crippen LogP contribution in [0, 0.1) is 5.82 Å². The van der Waals surface area contributed by atoms with Gasteiger partial charge in [0.15, 0.2) is 0 Å². The molecule has 0 spiro atoms. The van der Waals surface area contributed by atoms with Gasteiger partial charge in [0.1, 0.15) is 5.82 Å². The van der Waals surface area contributed by atoms with E-state index in [1.807, 2.05) is 4.90 Å². The molecule has 0 radical (unpaired) electrons. The molecule has 1 aromatic rings. The first kappa shape index (κ1) is 14.3. The van der Waals surface area contributed by atoms with Crippen molar-refractivity contribution in [1.82, 2.24) is 4.90 Å². The van der Waals surface area contributed by atoms with Crippen molar-refractivity contribution >= 4 is 17.5 Å². The quantitative estimate of drug-likeness (QED) is 0.808. The van der Waals surface area contributed by atoms with Gasteiger partial charge < -0.3 is 4.90 Å². The molecule has 1 aromatic carbocycles. The Labute approximate surface area is 118 Å². The molecule has 104 valence electrons. The molecule has 1 amide bonds. The zero-order chi connectivity index (χ0) is 13.8. The molecular weight excluding hydrogens is 265 g/mol. The van der Waals surface area contributed by atoms with E-state index in [0.717, 1.165) is 38.6 Å². The van der Waals surface area contributed by atoms with E-state index in [1.165, 1.54) is 18.2 Å². The zero-order valence-corrected chi connectivity index (χ0v) is 11.9. The fraction of sp³-hybridized carbons (Fsp3) is 0.533. The Hall–Kier alpha value is -1.09. The highest BCUT2D eigenvalue weighted by Gasteiger charge is 2.30. The van der Waals surface area contributed by atoms with Gasteiger partial charge in [0.2, 0.25) is 0 Å². The van der Waals surface area contributed by atoms with E-state index in [2.05, 4.69) is 6.92 Å². The van der Waals surface area contributed by atoms with Gasteiger partial charge in [-0.05, 0) is 37.5 Å². The third-order valence-corrected chi connectivity index (χ3v) is 3.92. The number of nitrogens with zero attached hydrogens (tertiary/aromatic N) is 1. The average Bonchev–Trinajstić information content (AvgIpc) is 2.86. The van der Waals surface area contributed by atoms with E-state index in [1.54, 1.807) is 0 Å². The lowest BCUT2D eigenvalue weighted by Crippen LogP contribution is -2.36. The van der Waals surface area contributed by atoms with Gasteiger partial charge in [-0.3, -0.25) is 4.79 Å². The Balaban J connectivity index is 2.16. The van der Waals surface area contributed by atoms with Crippen LogP contribution in [-0.4, -0.2) is 23.4 Å². The van der Waals surface area contributed by atoms with Crippen molar-refractivity contribution in [3.05, 3.63) is 34.6 Å². The highest BCUT2D eigenvalue weighted by molar-refractivity contribution is 6.31. The predicted octanol–water partition coefficient (Wildman–Crippen LogP) is 4.27. The molecule has 1 fully saturated rings. The van der Waals surface area contributed by atoms with Gasteiger partial charge in [0.05, 0.1) is 5.56 Å². The minimum absolute atomic E-state index is 0.0934. The van der Waals surface area contributed by atoms with E-state index in [-0.39, 0.29) is 17.5 Å². The largest absolute Gasteiger partial charge is 0.336 e. The summed E-state index contributed by atoms with van der Waals surface area (Å²) in [7, 11) is 0. The van der Waals surface area contributed by atoms with Crippen LogP contribution in [0.2, 0.25) is 5.02 Å². The van der Waals surface area contributed by atoms with Gasteiger partial charge in [-0.2, -0.15) is 0 Å². The number of hydrogen-bond donors (Lipinski definition) is 0. The standard InChI is InChI=1S/C15H19ClFNO/c1-2-3-5-12-6-4-9-18(12)15(19)13-10-11(16)7-8-14(13)17/h7-8,10,12H,2-6,9H2,1H3/t12-/m0/s1. The molecule has 1 heterocycles. The fourth-order valence-electron chi connectivity index (χ4n) is 2.66. The second-order valence-electron chi connectivity index (χ2n) is 5.06. The lowest BCUT2D eigenvalue weighted by Gasteiger charge is -2.25. The maximum atomic E-state index is 13.7. The SMILES string of the molecule is CCCC[C@H]1CCCN1C(=O)c1cc(Cl)ccc1F. The van der Waals surface area contributed by atoms with Crippen LogP contribution >= 0.6 is 11.6 Å². The molecule has 0 N–H and O–H groups in total. The Morgan fingerprint density at radius 2 is 2.32 bits per heavy atom. The fourth-order valence-corrected chi connectivity index (χ4v) is 2.83. The molecule has 0 bridgehead atoms. The lowest BCUT2D eigenvalue weighted by atomic mass is 10.1. The van der Waals surface area contributed by atoms with Crippen LogP contribution in [0.4, 0.5) is 4.39 Å². The maximum absolute atomic E-state index is 13.7. The van der Waals surface area contributed by atoms with Crippen LogP contribution in [-0.2, 0) is 0 Å². The van der Waals surface area contributed by atoms with E-state index in [0.29, 0.717) is 5.02 Å². The van der Waals surface area contributed by atoms with E-state index >= 15 is 0 Å². The van der Waals surface area contributed by atoms with E-state index < -0.39 is 5.82 Å². The number of unbranched alkanes of at least 4 members (excludes halogenated alkanes) is 1. The second kappa shape index (κ2) is 6.38. The molecule has 1 saturated heterocycles. The minimum atomic E-state index is -0.490. The smallest absolute Gasteiger partial charge is 0.257 e. The van der Waals surface area contributed by atoms with Crippen LogP contribution in [0.15, 0.2) is 18.2 Å². The Morgan fingerprint density at radius 1 is 1.53 bits per heavy atom. The summed E-state index contributed by atoms with van der Waals surface area (Å²) < 4.78 is 13.7. The minimum Gasteiger partial charge on any atom is -0.336 e. The Bertz CT molecular complexity index is 463. The normalized spacial score (nSPS) is 18.9. The van der Waals surface area contributed by atoms with Crippen molar-refractivity contribution in [2.24, 2.45) is 0 Å². The molecule has 0 unspecified atom stereocenters. The number of amides is 1. The van der Waals surface area contributed by atoms with Crippen LogP contribution in [0.25, 0.3) is 0 Å². The highest BCUT2D eigenvalue weighted by atomic mass is 35.5. The lowest BCUT2D eigenvalue weighted by molar-refractivity contribution is 0.0724.